The highest BCUT2D eigenvalue weighted by atomic mass is 16.7. The first-order valence-corrected chi connectivity index (χ1v) is 8.61. The Kier molecular flexibility index (Phi) is 9.42. The molecule has 1 aliphatic rings. The van der Waals surface area contributed by atoms with Crippen molar-refractivity contribution in [3.63, 3.8) is 0 Å². The largest absolute Gasteiger partial charge is 0.444 e. The third kappa shape index (κ3) is 11.0. The molecule has 1 N–H and O–H groups in total. The van der Waals surface area contributed by atoms with Gasteiger partial charge in [0.2, 0.25) is 0 Å². The zero-order chi connectivity index (χ0) is 17.8. The zero-order valence-corrected chi connectivity index (χ0v) is 15.3. The molecule has 0 aromatic heterocycles. The Morgan fingerprint density at radius 1 is 1.12 bits per heavy atom. The van der Waals surface area contributed by atoms with Crippen molar-refractivity contribution in [1.82, 2.24) is 5.32 Å². The number of rotatable bonds is 4. The molecular weight excluding hydrogens is 306 g/mol. The van der Waals surface area contributed by atoms with E-state index in [1.165, 1.54) is 0 Å². The lowest BCUT2D eigenvalue weighted by Crippen LogP contribution is -2.35. The molecule has 2 atom stereocenters. The van der Waals surface area contributed by atoms with Crippen LogP contribution in [0.25, 0.3) is 0 Å². The number of carbonyl (C=O) groups is 1. The van der Waals surface area contributed by atoms with Gasteiger partial charge in [0.15, 0.2) is 6.29 Å². The summed E-state index contributed by atoms with van der Waals surface area (Å²) in [5, 5.41) is 2.65. The molecule has 1 saturated heterocycles. The summed E-state index contributed by atoms with van der Waals surface area (Å²) in [7, 11) is 0. The van der Waals surface area contributed by atoms with E-state index in [0.29, 0.717) is 13.2 Å². The molecule has 5 heteroatoms. The molecule has 5 nitrogen and oxygen atoms in total. The fraction of sp³-hybridized carbons (Fsp3) is 0.632. The van der Waals surface area contributed by atoms with Crippen molar-refractivity contribution in [2.45, 2.75) is 65.0 Å². The maximum Gasteiger partial charge on any atom is 0.407 e. The first-order chi connectivity index (χ1) is 11.4. The molecule has 2 rings (SSSR count). The van der Waals surface area contributed by atoms with Crippen LogP contribution in [0.4, 0.5) is 4.79 Å². The number of ether oxygens (including phenoxy) is 3. The standard InChI is InChI=1S/C13H25NO4.C6H6/c1-10-6-5-7-11(17-10)16-9-8-14-12(15)18-13(2,3)4;1-2-4-6-5-3-1/h10-11H,5-9H2,1-4H3,(H,14,15);1-6H. The van der Waals surface area contributed by atoms with Crippen LogP contribution in [0, 0.1) is 0 Å². The van der Waals surface area contributed by atoms with E-state index in [1.807, 2.05) is 57.2 Å². The van der Waals surface area contributed by atoms with Crippen molar-refractivity contribution in [2.24, 2.45) is 0 Å². The van der Waals surface area contributed by atoms with Crippen molar-refractivity contribution < 1.29 is 19.0 Å². The molecule has 1 aromatic carbocycles. The maximum absolute atomic E-state index is 11.3. The molecule has 0 radical (unpaired) electrons. The Labute approximate surface area is 145 Å². The molecule has 136 valence electrons. The summed E-state index contributed by atoms with van der Waals surface area (Å²) in [6.45, 7) is 8.43. The van der Waals surface area contributed by atoms with Gasteiger partial charge in [0, 0.05) is 6.54 Å². The highest BCUT2D eigenvalue weighted by Gasteiger charge is 2.19. The fourth-order valence-electron chi connectivity index (χ4n) is 2.13. The molecule has 0 saturated carbocycles. The van der Waals surface area contributed by atoms with Crippen LogP contribution in [0.5, 0.6) is 0 Å². The van der Waals surface area contributed by atoms with Crippen molar-refractivity contribution in [3.8, 4) is 0 Å². The van der Waals surface area contributed by atoms with Crippen LogP contribution in [-0.2, 0) is 14.2 Å². The number of hydrogen-bond donors (Lipinski definition) is 1. The molecule has 1 amide bonds. The average Bonchev–Trinajstić information content (AvgIpc) is 2.52. The Bertz CT molecular complexity index is 418. The average molecular weight is 337 g/mol. The van der Waals surface area contributed by atoms with E-state index in [1.54, 1.807) is 0 Å². The maximum atomic E-state index is 11.3. The first-order valence-electron chi connectivity index (χ1n) is 8.61. The summed E-state index contributed by atoms with van der Waals surface area (Å²) >= 11 is 0. The van der Waals surface area contributed by atoms with Crippen LogP contribution < -0.4 is 5.32 Å². The minimum Gasteiger partial charge on any atom is -0.444 e. The van der Waals surface area contributed by atoms with E-state index in [0.717, 1.165) is 19.3 Å². The third-order valence-corrected chi connectivity index (χ3v) is 3.18. The van der Waals surface area contributed by atoms with Crippen molar-refractivity contribution in [1.29, 1.82) is 0 Å². The predicted octanol–water partition coefficient (Wildman–Crippen LogP) is 4.13. The smallest absolute Gasteiger partial charge is 0.407 e. The predicted molar refractivity (Wildman–Crippen MR) is 94.8 cm³/mol. The molecule has 1 fully saturated rings. The molecule has 0 bridgehead atoms. The zero-order valence-electron chi connectivity index (χ0n) is 15.3. The molecule has 1 heterocycles. The fourth-order valence-corrected chi connectivity index (χ4v) is 2.13. The second-order valence-corrected chi connectivity index (χ2v) is 6.76. The van der Waals surface area contributed by atoms with Gasteiger partial charge in [-0.1, -0.05) is 36.4 Å². The summed E-state index contributed by atoms with van der Waals surface area (Å²) in [6.07, 6.45) is 2.87. The van der Waals surface area contributed by atoms with E-state index in [-0.39, 0.29) is 12.4 Å². The second-order valence-electron chi connectivity index (χ2n) is 6.76. The molecule has 1 aromatic rings. The quantitative estimate of drug-likeness (QED) is 0.839. The summed E-state index contributed by atoms with van der Waals surface area (Å²) < 4.78 is 16.3. The van der Waals surface area contributed by atoms with E-state index in [4.69, 9.17) is 14.2 Å². The van der Waals surface area contributed by atoms with E-state index in [9.17, 15) is 4.79 Å². The number of nitrogens with one attached hydrogen (secondary N) is 1. The summed E-state index contributed by atoms with van der Waals surface area (Å²) in [6, 6.07) is 12.0. The Morgan fingerprint density at radius 2 is 1.71 bits per heavy atom. The number of carbonyl (C=O) groups excluding carboxylic acids is 1. The van der Waals surface area contributed by atoms with Crippen LogP contribution >= 0.6 is 0 Å². The van der Waals surface area contributed by atoms with Crippen molar-refractivity contribution in [3.05, 3.63) is 36.4 Å². The lowest BCUT2D eigenvalue weighted by atomic mass is 10.1. The monoisotopic (exact) mass is 337 g/mol. The van der Waals surface area contributed by atoms with Gasteiger partial charge in [-0.25, -0.2) is 4.79 Å². The van der Waals surface area contributed by atoms with Crippen LogP contribution in [0.3, 0.4) is 0 Å². The highest BCUT2D eigenvalue weighted by molar-refractivity contribution is 5.67. The number of benzene rings is 1. The van der Waals surface area contributed by atoms with Crippen LogP contribution in [-0.4, -0.2) is 37.2 Å². The summed E-state index contributed by atoms with van der Waals surface area (Å²) in [4.78, 5) is 11.3. The third-order valence-electron chi connectivity index (χ3n) is 3.18. The van der Waals surface area contributed by atoms with Crippen LogP contribution in [0.15, 0.2) is 36.4 Å². The molecule has 0 aliphatic carbocycles. The normalized spacial score (nSPS) is 20.5. The van der Waals surface area contributed by atoms with Gasteiger partial charge in [0.25, 0.3) is 0 Å². The number of hydrogen-bond acceptors (Lipinski definition) is 4. The lowest BCUT2D eigenvalue weighted by Gasteiger charge is -2.27. The van der Waals surface area contributed by atoms with Crippen LogP contribution in [0.1, 0.15) is 47.0 Å². The Balaban J connectivity index is 0.000000400. The number of amides is 1. The minimum absolute atomic E-state index is 0.130. The summed E-state index contributed by atoms with van der Waals surface area (Å²) in [5.74, 6) is 0. The van der Waals surface area contributed by atoms with Gasteiger partial charge in [-0.3, -0.25) is 0 Å². The number of alkyl carbamates (subject to hydrolysis) is 1. The molecule has 2 unspecified atom stereocenters. The molecule has 1 aliphatic heterocycles. The summed E-state index contributed by atoms with van der Waals surface area (Å²) in [5.41, 5.74) is -0.465. The SMILES string of the molecule is CC1CCCC(OCCNC(=O)OC(C)(C)C)O1.c1ccccc1. The van der Waals surface area contributed by atoms with Gasteiger partial charge in [-0.05, 0) is 47.0 Å². The second kappa shape index (κ2) is 11.0. The van der Waals surface area contributed by atoms with Crippen molar-refractivity contribution >= 4 is 6.09 Å². The van der Waals surface area contributed by atoms with Crippen molar-refractivity contribution in [2.75, 3.05) is 13.2 Å². The molecular formula is C19H31NO4. The van der Waals surface area contributed by atoms with Gasteiger partial charge in [0.1, 0.15) is 5.60 Å². The van der Waals surface area contributed by atoms with E-state index >= 15 is 0 Å². The topological polar surface area (TPSA) is 56.8 Å². The van der Waals surface area contributed by atoms with Gasteiger partial charge >= 0.3 is 6.09 Å². The first kappa shape index (κ1) is 20.5. The van der Waals surface area contributed by atoms with Crippen LogP contribution in [0.2, 0.25) is 0 Å². The minimum atomic E-state index is -0.465. The lowest BCUT2D eigenvalue weighted by molar-refractivity contribution is -0.188. The Hall–Kier alpha value is -1.59. The molecule has 0 spiro atoms. The van der Waals surface area contributed by atoms with Gasteiger partial charge < -0.3 is 19.5 Å². The van der Waals surface area contributed by atoms with Gasteiger partial charge in [-0.2, -0.15) is 0 Å². The van der Waals surface area contributed by atoms with Gasteiger partial charge in [0.05, 0.1) is 12.7 Å². The Morgan fingerprint density at radius 3 is 2.21 bits per heavy atom. The molecule has 24 heavy (non-hydrogen) atoms. The van der Waals surface area contributed by atoms with E-state index in [2.05, 4.69) is 12.2 Å². The van der Waals surface area contributed by atoms with Gasteiger partial charge in [-0.15, -0.1) is 0 Å². The highest BCUT2D eigenvalue weighted by Crippen LogP contribution is 2.18. The van der Waals surface area contributed by atoms with E-state index < -0.39 is 11.7 Å².